The second kappa shape index (κ2) is 8.05. The van der Waals surface area contributed by atoms with Crippen molar-refractivity contribution in [3.8, 4) is 0 Å². The van der Waals surface area contributed by atoms with Crippen LogP contribution < -0.4 is 5.46 Å². The third kappa shape index (κ3) is 4.33. The van der Waals surface area contributed by atoms with Crippen molar-refractivity contribution in [1.82, 2.24) is 4.14 Å². The second-order valence-electron chi connectivity index (χ2n) is 11.5. The van der Waals surface area contributed by atoms with E-state index in [-0.39, 0.29) is 0 Å². The molecule has 0 amide bonds. The van der Waals surface area contributed by atoms with Gasteiger partial charge in [-0.3, -0.25) is 0 Å². The van der Waals surface area contributed by atoms with Gasteiger partial charge >= 0.3 is 0 Å². The van der Waals surface area contributed by atoms with E-state index in [0.717, 1.165) is 0 Å². The Morgan fingerprint density at radius 1 is 0.586 bits per heavy atom. The first-order valence-corrected chi connectivity index (χ1v) is 18.1. The highest BCUT2D eigenvalue weighted by atomic mass is 28.4. The van der Waals surface area contributed by atoms with Crippen molar-refractivity contribution in [2.45, 2.75) is 94.7 Å². The molecule has 158 valence electrons. The summed E-state index contributed by atoms with van der Waals surface area (Å²) in [4.78, 5) is 0. The summed E-state index contributed by atoms with van der Waals surface area (Å²) < 4.78 is 2.99. The molecule has 0 unspecified atom stereocenters. The van der Waals surface area contributed by atoms with Gasteiger partial charge in [-0.2, -0.15) is 0 Å². The van der Waals surface area contributed by atoms with Crippen LogP contribution >= 0.6 is 0 Å². The number of allylic oxidation sites excluding steroid dienone is 4. The number of benzene rings is 1. The van der Waals surface area contributed by atoms with Gasteiger partial charge < -0.3 is 4.14 Å². The summed E-state index contributed by atoms with van der Waals surface area (Å²) in [7, 11) is -2.93. The van der Waals surface area contributed by atoms with Crippen LogP contribution in [0.4, 0.5) is 0 Å². The molecule has 2 rings (SSSR count). The maximum atomic E-state index is 2.99. The van der Waals surface area contributed by atoms with E-state index in [4.69, 9.17) is 0 Å². The number of nitrogens with zero attached hydrogens (tertiary/aromatic N) is 1. The Kier molecular flexibility index (Phi) is 6.80. The van der Waals surface area contributed by atoms with E-state index in [9.17, 15) is 0 Å². The molecule has 1 nitrogen and oxygen atoms in total. The van der Waals surface area contributed by atoms with Gasteiger partial charge in [-0.15, -0.1) is 10.9 Å². The van der Waals surface area contributed by atoms with Crippen LogP contribution in [0.5, 0.6) is 0 Å². The van der Waals surface area contributed by atoms with Crippen LogP contribution in [0.3, 0.4) is 0 Å². The van der Waals surface area contributed by atoms with E-state index < -0.39 is 16.5 Å². The lowest BCUT2D eigenvalue weighted by atomic mass is 9.25. The standard InChI is InChI=1S/C24H43B2NSi2/c1-16-15-17(2)24(19(4)18(16)3)25-20(5)22(7)26(23(8)21(25)6)27(28(9,10)11)29(12,13)14/h15H,1-14H3. The van der Waals surface area contributed by atoms with Gasteiger partial charge in [0.15, 0.2) is 0 Å². The van der Waals surface area contributed by atoms with Gasteiger partial charge in [0.1, 0.15) is 16.5 Å². The fraction of sp³-hybridized carbons (Fsp3) is 0.583. The minimum absolute atomic E-state index is 0.427. The van der Waals surface area contributed by atoms with Crippen LogP contribution in [0.2, 0.25) is 39.3 Å². The van der Waals surface area contributed by atoms with Crippen LogP contribution in [-0.2, 0) is 0 Å². The molecular formula is C24H43B2NSi2. The first-order chi connectivity index (χ1) is 13.0. The largest absolute Gasteiger partial charge is 0.380 e. The topological polar surface area (TPSA) is 3.24 Å². The lowest BCUT2D eigenvalue weighted by molar-refractivity contribution is 0.925. The third-order valence-electron chi connectivity index (χ3n) is 7.34. The summed E-state index contributed by atoms with van der Waals surface area (Å²) in [5.74, 6) is 0. The second-order valence-corrected chi connectivity index (χ2v) is 21.5. The van der Waals surface area contributed by atoms with Crippen LogP contribution in [0.15, 0.2) is 28.0 Å². The van der Waals surface area contributed by atoms with Crippen LogP contribution in [0, 0.1) is 27.7 Å². The monoisotopic (exact) mass is 423 g/mol. The van der Waals surface area contributed by atoms with Gasteiger partial charge in [0.05, 0.1) is 0 Å². The molecule has 0 N–H and O–H groups in total. The lowest BCUT2D eigenvalue weighted by Gasteiger charge is -2.50. The van der Waals surface area contributed by atoms with E-state index in [0.29, 0.717) is 13.6 Å². The molecule has 0 spiro atoms. The maximum Gasteiger partial charge on any atom is 0.267 e. The highest BCUT2D eigenvalue weighted by Crippen LogP contribution is 2.35. The smallest absolute Gasteiger partial charge is 0.267 e. The van der Waals surface area contributed by atoms with Gasteiger partial charge in [-0.1, -0.05) is 101 Å². The van der Waals surface area contributed by atoms with Crippen molar-refractivity contribution >= 4 is 35.5 Å². The first kappa shape index (κ1) is 24.5. The molecule has 1 heterocycles. The summed E-state index contributed by atoms with van der Waals surface area (Å²) in [6.45, 7) is 34.9. The molecule has 0 aliphatic carbocycles. The molecule has 0 saturated heterocycles. The molecule has 0 atom stereocenters. The summed E-state index contributed by atoms with van der Waals surface area (Å²) >= 11 is 0. The molecule has 0 aromatic heterocycles. The predicted octanol–water partition coefficient (Wildman–Crippen LogP) is 6.43. The molecule has 0 bridgehead atoms. The Balaban J connectivity index is 2.77. The summed E-state index contributed by atoms with van der Waals surface area (Å²) in [5.41, 5.74) is 13.7. The van der Waals surface area contributed by atoms with E-state index in [1.807, 2.05) is 0 Å². The van der Waals surface area contributed by atoms with Crippen molar-refractivity contribution in [1.29, 1.82) is 0 Å². The quantitative estimate of drug-likeness (QED) is 0.505. The zero-order chi connectivity index (χ0) is 22.6. The lowest BCUT2D eigenvalue weighted by Crippen LogP contribution is -2.67. The highest BCUT2D eigenvalue weighted by Gasteiger charge is 2.46. The Bertz CT molecular complexity index is 846. The molecule has 0 saturated carbocycles. The number of aryl methyl sites for hydroxylation is 2. The predicted molar refractivity (Wildman–Crippen MR) is 142 cm³/mol. The van der Waals surface area contributed by atoms with Gasteiger partial charge in [0, 0.05) is 0 Å². The fourth-order valence-corrected chi connectivity index (χ4v) is 16.3. The fourth-order valence-electron chi connectivity index (χ4n) is 5.89. The summed E-state index contributed by atoms with van der Waals surface area (Å²) in [5, 5.41) is 0. The van der Waals surface area contributed by atoms with Gasteiger partial charge in [-0.25, -0.2) is 0 Å². The van der Waals surface area contributed by atoms with E-state index in [1.165, 1.54) is 22.3 Å². The van der Waals surface area contributed by atoms with Crippen LogP contribution in [0.25, 0.3) is 0 Å². The van der Waals surface area contributed by atoms with Crippen molar-refractivity contribution in [2.24, 2.45) is 0 Å². The summed E-state index contributed by atoms with van der Waals surface area (Å²) in [6.07, 6.45) is 0. The minimum Gasteiger partial charge on any atom is -0.380 e. The Labute approximate surface area is 184 Å². The molecular weight excluding hydrogens is 380 g/mol. The molecule has 5 heteroatoms. The molecule has 0 fully saturated rings. The molecule has 1 aromatic carbocycles. The SMILES string of the molecule is CC1=C(C)B(N([Si](C)(C)C)[Si](C)(C)C)C(C)=C(C)B1c1c(C)cc(C)c(C)c1C. The number of rotatable bonds is 4. The average Bonchev–Trinajstić information content (AvgIpc) is 2.55. The highest BCUT2D eigenvalue weighted by molar-refractivity contribution is 7.04. The molecule has 1 aliphatic rings. The van der Waals surface area contributed by atoms with Crippen LogP contribution in [-0.4, -0.2) is 34.2 Å². The molecule has 0 radical (unpaired) electrons. The zero-order valence-corrected chi connectivity index (χ0v) is 23.7. The molecule has 1 aliphatic heterocycles. The summed E-state index contributed by atoms with van der Waals surface area (Å²) in [6, 6.07) is 2.39. The maximum absolute atomic E-state index is 2.99. The minimum atomic E-state index is -1.47. The number of hydrogen-bond donors (Lipinski definition) is 0. The average molecular weight is 423 g/mol. The Hall–Kier alpha value is -0.776. The van der Waals surface area contributed by atoms with Crippen molar-refractivity contribution in [3.63, 3.8) is 0 Å². The van der Waals surface area contributed by atoms with Crippen molar-refractivity contribution in [2.75, 3.05) is 0 Å². The van der Waals surface area contributed by atoms with Crippen molar-refractivity contribution in [3.05, 3.63) is 50.2 Å². The third-order valence-corrected chi connectivity index (χ3v) is 14.8. The number of hydrogen-bond acceptors (Lipinski definition) is 1. The van der Waals surface area contributed by atoms with Crippen LogP contribution in [0.1, 0.15) is 49.9 Å². The molecule has 1 aromatic rings. The molecule has 29 heavy (non-hydrogen) atoms. The van der Waals surface area contributed by atoms with Gasteiger partial charge in [-0.05, 0) is 38.8 Å². The van der Waals surface area contributed by atoms with Crippen molar-refractivity contribution < 1.29 is 0 Å². The Morgan fingerprint density at radius 2 is 1.00 bits per heavy atom. The Morgan fingerprint density at radius 3 is 1.38 bits per heavy atom. The van der Waals surface area contributed by atoms with E-state index >= 15 is 0 Å². The zero-order valence-electron chi connectivity index (χ0n) is 21.7. The van der Waals surface area contributed by atoms with Gasteiger partial charge in [0.25, 0.3) is 6.85 Å². The van der Waals surface area contributed by atoms with Gasteiger partial charge in [0.2, 0.25) is 6.71 Å². The first-order valence-electron chi connectivity index (χ1n) is 11.2. The normalized spacial score (nSPS) is 16.5. The van der Waals surface area contributed by atoms with E-state index in [1.54, 1.807) is 27.4 Å². The van der Waals surface area contributed by atoms with E-state index in [2.05, 4.69) is 105 Å².